The molecule has 0 bridgehead atoms. The van der Waals surface area contributed by atoms with Crippen LogP contribution in [0.15, 0.2) is 54.9 Å². The van der Waals surface area contributed by atoms with Gasteiger partial charge in [-0.3, -0.25) is 14.6 Å². The number of fused-ring (bicyclic) bond motifs is 1. The number of aromatic hydroxyl groups is 1. The van der Waals surface area contributed by atoms with E-state index in [1.54, 1.807) is 29.3 Å². The fourth-order valence-electron chi connectivity index (χ4n) is 3.76. The Morgan fingerprint density at radius 3 is 2.66 bits per heavy atom. The van der Waals surface area contributed by atoms with E-state index in [1.807, 2.05) is 61.1 Å². The Morgan fingerprint density at radius 1 is 1.12 bits per heavy atom. The number of aromatic nitrogens is 4. The van der Waals surface area contributed by atoms with Gasteiger partial charge in [-0.2, -0.15) is 10.2 Å². The molecule has 2 N–H and O–H groups in total. The molecule has 4 rings (SSSR count). The molecule has 8 heteroatoms. The van der Waals surface area contributed by atoms with E-state index < -0.39 is 0 Å². The molecule has 2 aromatic heterocycles. The molecule has 2 aromatic carbocycles. The summed E-state index contributed by atoms with van der Waals surface area (Å²) in [5, 5.41) is 22.2. The normalized spacial score (nSPS) is 11.4. The standard InChI is InChI=1S/C24H28N6O2/c1-4-30-22-13-18(19-14-25-26-15-19)8-9-21(22)23(27-30)24(32)29(11-10-28(2)3)16-17-6-5-7-20(31)12-17/h5-9,12-15,31H,4,10-11,16H2,1-3H3,(H,25,26). The second-order valence-corrected chi connectivity index (χ2v) is 8.08. The first-order valence-corrected chi connectivity index (χ1v) is 10.7. The van der Waals surface area contributed by atoms with Gasteiger partial charge in [0, 0.05) is 43.3 Å². The lowest BCUT2D eigenvalue weighted by Crippen LogP contribution is -2.36. The largest absolute Gasteiger partial charge is 0.508 e. The van der Waals surface area contributed by atoms with Gasteiger partial charge in [-0.05, 0) is 56.4 Å². The van der Waals surface area contributed by atoms with Crippen LogP contribution in [0.25, 0.3) is 22.0 Å². The lowest BCUT2D eigenvalue weighted by Gasteiger charge is -2.24. The second kappa shape index (κ2) is 9.23. The van der Waals surface area contributed by atoms with Crippen LogP contribution in [0.2, 0.25) is 0 Å². The van der Waals surface area contributed by atoms with E-state index in [0.29, 0.717) is 25.3 Å². The summed E-state index contributed by atoms with van der Waals surface area (Å²) in [6.07, 6.45) is 3.62. The minimum Gasteiger partial charge on any atom is -0.508 e. The fraction of sp³-hybridized carbons (Fsp3) is 0.292. The van der Waals surface area contributed by atoms with E-state index in [-0.39, 0.29) is 11.7 Å². The van der Waals surface area contributed by atoms with Crippen LogP contribution in [0.3, 0.4) is 0 Å². The molecule has 0 atom stereocenters. The number of H-pyrrole nitrogens is 1. The minimum absolute atomic E-state index is 0.122. The number of phenols is 1. The number of aromatic amines is 1. The molecule has 166 valence electrons. The van der Waals surface area contributed by atoms with Crippen LogP contribution in [0.4, 0.5) is 0 Å². The van der Waals surface area contributed by atoms with Crippen molar-refractivity contribution in [2.45, 2.75) is 20.0 Å². The van der Waals surface area contributed by atoms with E-state index in [4.69, 9.17) is 0 Å². The summed E-state index contributed by atoms with van der Waals surface area (Å²) in [5.74, 6) is 0.0680. The summed E-state index contributed by atoms with van der Waals surface area (Å²) in [7, 11) is 3.96. The first-order chi connectivity index (χ1) is 15.5. The van der Waals surface area contributed by atoms with Gasteiger partial charge >= 0.3 is 0 Å². The zero-order valence-electron chi connectivity index (χ0n) is 18.6. The molecule has 0 aliphatic rings. The molecule has 2 heterocycles. The Bertz CT molecular complexity index is 1210. The number of aryl methyl sites for hydroxylation is 1. The zero-order chi connectivity index (χ0) is 22.7. The lowest BCUT2D eigenvalue weighted by atomic mass is 10.1. The highest BCUT2D eigenvalue weighted by Crippen LogP contribution is 2.27. The number of rotatable bonds is 8. The van der Waals surface area contributed by atoms with Crippen molar-refractivity contribution >= 4 is 16.8 Å². The monoisotopic (exact) mass is 432 g/mol. The number of nitrogens with zero attached hydrogens (tertiary/aromatic N) is 5. The van der Waals surface area contributed by atoms with Crippen molar-refractivity contribution in [3.8, 4) is 16.9 Å². The third-order valence-corrected chi connectivity index (χ3v) is 5.47. The molecule has 8 nitrogen and oxygen atoms in total. The van der Waals surface area contributed by atoms with Crippen molar-refractivity contribution in [2.75, 3.05) is 27.2 Å². The maximum Gasteiger partial charge on any atom is 0.275 e. The Hall–Kier alpha value is -3.65. The van der Waals surface area contributed by atoms with Crippen molar-refractivity contribution in [1.29, 1.82) is 0 Å². The number of nitrogens with one attached hydrogen (secondary N) is 1. The number of amides is 1. The predicted molar refractivity (Wildman–Crippen MR) is 124 cm³/mol. The molecule has 0 fully saturated rings. The molecular formula is C24H28N6O2. The Balaban J connectivity index is 1.71. The van der Waals surface area contributed by atoms with Gasteiger partial charge in [0.2, 0.25) is 0 Å². The number of phenolic OH excluding ortho intramolecular Hbond substituents is 1. The van der Waals surface area contributed by atoms with Gasteiger partial charge in [-0.25, -0.2) is 0 Å². The molecule has 0 saturated carbocycles. The summed E-state index contributed by atoms with van der Waals surface area (Å²) in [4.78, 5) is 17.5. The van der Waals surface area contributed by atoms with Crippen LogP contribution in [0, 0.1) is 0 Å². The smallest absolute Gasteiger partial charge is 0.275 e. The van der Waals surface area contributed by atoms with Gasteiger partial charge < -0.3 is 14.9 Å². The molecule has 0 aliphatic heterocycles. The minimum atomic E-state index is -0.122. The Labute approximate surface area is 187 Å². The van der Waals surface area contributed by atoms with Gasteiger partial charge in [-0.15, -0.1) is 0 Å². The summed E-state index contributed by atoms with van der Waals surface area (Å²) < 4.78 is 1.87. The lowest BCUT2D eigenvalue weighted by molar-refractivity contribution is 0.0726. The Kier molecular flexibility index (Phi) is 6.23. The molecular weight excluding hydrogens is 404 g/mol. The first-order valence-electron chi connectivity index (χ1n) is 10.7. The third-order valence-electron chi connectivity index (χ3n) is 5.47. The molecule has 0 aliphatic carbocycles. The highest BCUT2D eigenvalue weighted by molar-refractivity contribution is 6.05. The number of hydrogen-bond donors (Lipinski definition) is 2. The summed E-state index contributed by atoms with van der Waals surface area (Å²) in [6.45, 7) is 4.34. The average molecular weight is 433 g/mol. The SMILES string of the molecule is CCn1nc(C(=O)N(CCN(C)C)Cc2cccc(O)c2)c2ccc(-c3cn[nH]c3)cc21. The topological polar surface area (TPSA) is 90.3 Å². The quantitative estimate of drug-likeness (QED) is 0.446. The van der Waals surface area contributed by atoms with Crippen LogP contribution < -0.4 is 0 Å². The Morgan fingerprint density at radius 2 is 1.97 bits per heavy atom. The van der Waals surface area contributed by atoms with Gasteiger partial charge in [0.15, 0.2) is 5.69 Å². The van der Waals surface area contributed by atoms with Gasteiger partial charge in [0.1, 0.15) is 5.75 Å². The summed E-state index contributed by atoms with van der Waals surface area (Å²) >= 11 is 0. The van der Waals surface area contributed by atoms with E-state index in [0.717, 1.165) is 34.1 Å². The van der Waals surface area contributed by atoms with E-state index in [2.05, 4.69) is 15.3 Å². The number of carbonyl (C=O) groups is 1. The number of benzene rings is 2. The van der Waals surface area contributed by atoms with Crippen molar-refractivity contribution < 1.29 is 9.90 Å². The summed E-state index contributed by atoms with van der Waals surface area (Å²) in [5.41, 5.74) is 4.24. The van der Waals surface area contributed by atoms with Gasteiger partial charge in [0.05, 0.1) is 11.7 Å². The maximum atomic E-state index is 13.7. The summed E-state index contributed by atoms with van der Waals surface area (Å²) in [6, 6.07) is 13.0. The van der Waals surface area contributed by atoms with E-state index in [9.17, 15) is 9.90 Å². The highest BCUT2D eigenvalue weighted by Gasteiger charge is 2.23. The van der Waals surface area contributed by atoms with Crippen LogP contribution in [-0.2, 0) is 13.1 Å². The number of hydrogen-bond acceptors (Lipinski definition) is 5. The van der Waals surface area contributed by atoms with Crippen molar-refractivity contribution in [2.24, 2.45) is 0 Å². The van der Waals surface area contributed by atoms with Gasteiger partial charge in [0.25, 0.3) is 5.91 Å². The zero-order valence-corrected chi connectivity index (χ0v) is 18.6. The van der Waals surface area contributed by atoms with Crippen LogP contribution in [0.5, 0.6) is 5.75 Å². The predicted octanol–water partition coefficient (Wildman–Crippen LogP) is 3.36. The van der Waals surface area contributed by atoms with Crippen molar-refractivity contribution in [1.82, 2.24) is 29.8 Å². The van der Waals surface area contributed by atoms with Crippen LogP contribution in [-0.4, -0.2) is 68.0 Å². The molecule has 0 spiro atoms. The van der Waals surface area contributed by atoms with E-state index >= 15 is 0 Å². The second-order valence-electron chi connectivity index (χ2n) is 8.08. The number of likely N-dealkylation sites (N-methyl/N-ethyl adjacent to an activating group) is 1. The maximum absolute atomic E-state index is 13.7. The highest BCUT2D eigenvalue weighted by atomic mass is 16.3. The molecule has 1 amide bonds. The fourth-order valence-corrected chi connectivity index (χ4v) is 3.76. The molecule has 0 radical (unpaired) electrons. The van der Waals surface area contributed by atoms with Gasteiger partial charge in [-0.1, -0.05) is 18.2 Å². The van der Waals surface area contributed by atoms with Crippen LogP contribution >= 0.6 is 0 Å². The average Bonchev–Trinajstić information content (AvgIpc) is 3.43. The van der Waals surface area contributed by atoms with Crippen molar-refractivity contribution in [3.05, 3.63) is 66.1 Å². The van der Waals surface area contributed by atoms with Crippen molar-refractivity contribution in [3.63, 3.8) is 0 Å². The molecule has 0 saturated heterocycles. The number of carbonyl (C=O) groups excluding carboxylic acids is 1. The first kappa shape index (κ1) is 21.6. The molecule has 32 heavy (non-hydrogen) atoms. The third kappa shape index (κ3) is 4.50. The van der Waals surface area contributed by atoms with E-state index in [1.165, 1.54) is 0 Å². The molecule has 0 unspecified atom stereocenters. The molecule has 4 aromatic rings. The van der Waals surface area contributed by atoms with Crippen LogP contribution in [0.1, 0.15) is 23.0 Å².